The molecule has 1 atom stereocenters. The number of aryl methyl sites for hydroxylation is 1. The van der Waals surface area contributed by atoms with E-state index in [2.05, 4.69) is 49.8 Å². The number of methoxy groups -OCH3 is 1. The highest BCUT2D eigenvalue weighted by atomic mass is 16.6. The molecule has 2 aromatic heterocycles. The van der Waals surface area contributed by atoms with E-state index in [-0.39, 0.29) is 5.91 Å². The van der Waals surface area contributed by atoms with Crippen LogP contribution in [0.25, 0.3) is 10.9 Å². The van der Waals surface area contributed by atoms with Crippen LogP contribution in [0.2, 0.25) is 0 Å². The number of hydrogen-bond acceptors (Lipinski definition) is 9. The highest BCUT2D eigenvalue weighted by Gasteiger charge is 2.26. The molecule has 42 heavy (non-hydrogen) atoms. The van der Waals surface area contributed by atoms with Crippen molar-refractivity contribution < 1.29 is 19.1 Å². The Kier molecular flexibility index (Phi) is 11.0. The molecule has 0 aliphatic heterocycles. The lowest BCUT2D eigenvalue weighted by Gasteiger charge is -2.28. The van der Waals surface area contributed by atoms with Gasteiger partial charge in [0.1, 0.15) is 17.5 Å². The third-order valence-corrected chi connectivity index (χ3v) is 6.24. The van der Waals surface area contributed by atoms with Gasteiger partial charge in [0.15, 0.2) is 0 Å². The van der Waals surface area contributed by atoms with Crippen LogP contribution < -0.4 is 20.7 Å². The highest BCUT2D eigenvalue weighted by Crippen LogP contribution is 2.28. The lowest BCUT2D eigenvalue weighted by Crippen LogP contribution is -2.47. The van der Waals surface area contributed by atoms with E-state index in [0.29, 0.717) is 42.6 Å². The third kappa shape index (κ3) is 8.73. The minimum absolute atomic E-state index is 0.250. The number of hydrogen-bond donors (Lipinski definition) is 3. The third-order valence-electron chi connectivity index (χ3n) is 6.24. The van der Waals surface area contributed by atoms with Gasteiger partial charge >= 0.3 is 6.09 Å². The van der Waals surface area contributed by atoms with Crippen LogP contribution >= 0.6 is 0 Å². The fourth-order valence-electron chi connectivity index (χ4n) is 3.86. The van der Waals surface area contributed by atoms with E-state index in [0.717, 1.165) is 29.6 Å². The Hall–Kier alpha value is -4.53. The van der Waals surface area contributed by atoms with Crippen molar-refractivity contribution in [3.63, 3.8) is 0 Å². The number of ether oxygens (including phenoxy) is 2. The molecule has 12 nitrogen and oxygen atoms in total. The summed E-state index contributed by atoms with van der Waals surface area (Å²) >= 11 is 0. The second-order valence-corrected chi connectivity index (χ2v) is 10.8. The zero-order valence-corrected chi connectivity index (χ0v) is 25.8. The van der Waals surface area contributed by atoms with E-state index in [1.165, 1.54) is 4.90 Å². The van der Waals surface area contributed by atoms with Crippen molar-refractivity contribution in [1.29, 1.82) is 0 Å². The lowest BCUT2D eigenvalue weighted by atomic mass is 10.2. The summed E-state index contributed by atoms with van der Waals surface area (Å²) in [5.74, 6) is 7.68. The van der Waals surface area contributed by atoms with E-state index in [1.54, 1.807) is 52.7 Å². The number of nitrogens with zero attached hydrogens (tertiary/aromatic N) is 5. The number of rotatable bonds is 11. The van der Waals surface area contributed by atoms with E-state index in [1.807, 2.05) is 25.2 Å². The van der Waals surface area contributed by atoms with Crippen molar-refractivity contribution in [3.8, 4) is 17.7 Å². The molecule has 0 aliphatic carbocycles. The van der Waals surface area contributed by atoms with Crippen LogP contribution in [0.4, 0.5) is 22.2 Å². The predicted octanol–water partition coefficient (Wildman–Crippen LogP) is 4.44. The first-order chi connectivity index (χ1) is 19.9. The Labute approximate surface area is 247 Å². The molecule has 0 radical (unpaired) electrons. The van der Waals surface area contributed by atoms with Crippen LogP contribution in [-0.2, 0) is 16.6 Å². The van der Waals surface area contributed by atoms with Crippen molar-refractivity contribution in [3.05, 3.63) is 30.0 Å². The van der Waals surface area contributed by atoms with Gasteiger partial charge in [0.05, 0.1) is 29.8 Å². The number of benzene rings is 1. The number of unbranched alkanes of at least 4 members (excludes halogenated alkanes) is 1. The molecule has 12 heteroatoms. The van der Waals surface area contributed by atoms with Crippen LogP contribution in [-0.4, -0.2) is 75.5 Å². The quantitative estimate of drug-likeness (QED) is 0.223. The molecule has 2 amide bonds. The average molecular weight is 579 g/mol. The summed E-state index contributed by atoms with van der Waals surface area (Å²) in [7, 11) is 5.02. The summed E-state index contributed by atoms with van der Waals surface area (Å²) in [5, 5.41) is 14.7. The molecule has 0 bridgehead atoms. The molecule has 0 fully saturated rings. The summed E-state index contributed by atoms with van der Waals surface area (Å²) in [6.07, 6.45) is 3.30. The zero-order valence-electron chi connectivity index (χ0n) is 25.8. The number of carbonyl (C=O) groups is 2. The summed E-state index contributed by atoms with van der Waals surface area (Å²) < 4.78 is 12.5. The van der Waals surface area contributed by atoms with Gasteiger partial charge < -0.3 is 25.4 Å². The largest absolute Gasteiger partial charge is 0.479 e. The first-order valence-electron chi connectivity index (χ1n) is 14.0. The smallest absolute Gasteiger partial charge is 0.410 e. The topological polar surface area (TPSA) is 136 Å². The minimum Gasteiger partial charge on any atom is -0.479 e. The van der Waals surface area contributed by atoms with Gasteiger partial charge in [-0.25, -0.2) is 9.78 Å². The Morgan fingerprint density at radius 2 is 1.98 bits per heavy atom. The van der Waals surface area contributed by atoms with E-state index >= 15 is 0 Å². The summed E-state index contributed by atoms with van der Waals surface area (Å²) in [5.41, 5.74) is 1.83. The molecule has 0 aliphatic rings. The normalized spacial score (nSPS) is 11.7. The van der Waals surface area contributed by atoms with Gasteiger partial charge in [-0.3, -0.25) is 14.4 Å². The van der Waals surface area contributed by atoms with Gasteiger partial charge in [0.25, 0.3) is 0 Å². The summed E-state index contributed by atoms with van der Waals surface area (Å²) in [4.78, 5) is 35.1. The first-order valence-corrected chi connectivity index (χ1v) is 14.0. The van der Waals surface area contributed by atoms with Crippen molar-refractivity contribution in [2.75, 3.05) is 37.9 Å². The number of aromatic nitrogens is 4. The molecule has 3 rings (SSSR count). The minimum atomic E-state index is -0.657. The number of anilines is 3. The highest BCUT2D eigenvalue weighted by molar-refractivity contribution is 5.88. The fourth-order valence-corrected chi connectivity index (χ4v) is 3.86. The molecule has 226 valence electrons. The Morgan fingerprint density at radius 1 is 1.21 bits per heavy atom. The van der Waals surface area contributed by atoms with E-state index < -0.39 is 17.7 Å². The monoisotopic (exact) mass is 578 g/mol. The maximum atomic E-state index is 12.5. The Balaban J connectivity index is 1.58. The molecule has 0 spiro atoms. The molecule has 2 heterocycles. The van der Waals surface area contributed by atoms with Gasteiger partial charge in [-0.15, -0.1) is 5.10 Å². The van der Waals surface area contributed by atoms with Crippen LogP contribution in [0.3, 0.4) is 0 Å². The lowest BCUT2D eigenvalue weighted by molar-refractivity contribution is -0.125. The molecule has 0 saturated heterocycles. The van der Waals surface area contributed by atoms with Crippen molar-refractivity contribution in [2.45, 2.75) is 65.5 Å². The second-order valence-electron chi connectivity index (χ2n) is 10.8. The van der Waals surface area contributed by atoms with Crippen molar-refractivity contribution in [1.82, 2.24) is 30.0 Å². The summed E-state index contributed by atoms with van der Waals surface area (Å²) in [6, 6.07) is 5.20. The van der Waals surface area contributed by atoms with Crippen molar-refractivity contribution >= 4 is 40.4 Å². The van der Waals surface area contributed by atoms with Gasteiger partial charge in [-0.05, 0) is 58.7 Å². The molecule has 0 unspecified atom stereocenters. The number of fused-ring (bicyclic) bond motifs is 1. The predicted molar refractivity (Wildman–Crippen MR) is 164 cm³/mol. The Morgan fingerprint density at radius 3 is 2.67 bits per heavy atom. The van der Waals surface area contributed by atoms with Gasteiger partial charge in [-0.2, -0.15) is 4.98 Å². The molecule has 3 N–H and O–H groups in total. The average Bonchev–Trinajstić information content (AvgIpc) is 3.27. The van der Waals surface area contributed by atoms with E-state index in [4.69, 9.17) is 9.47 Å². The maximum absolute atomic E-state index is 12.5. The summed E-state index contributed by atoms with van der Waals surface area (Å²) in [6.45, 7) is 10.3. The van der Waals surface area contributed by atoms with Crippen LogP contribution in [0, 0.1) is 11.8 Å². The zero-order chi connectivity index (χ0) is 30.9. The standard InChI is InChI=1S/C30H42N8O4/c1-9-16-31-25-21(13-11-10-12-17-32-26(39)20(2)37(6)29(40)42-30(3,4)5)19-33-28(35-25)34-22-14-15-24-23(18-22)27(41-8)36-38(24)7/h14-15,18-20H,9-10,12,16-17H2,1-8H3,(H,32,39)(H2,31,33,34,35)/t20-/m0/s1. The van der Waals surface area contributed by atoms with Crippen LogP contribution in [0.15, 0.2) is 24.4 Å². The SMILES string of the molecule is CCCNc1nc(Nc2ccc3c(c2)c(OC)nn3C)ncc1C#CCCCNC(=O)[C@H](C)N(C)C(=O)OC(C)(C)C. The molecule has 3 aromatic rings. The fraction of sp³-hybridized carbons (Fsp3) is 0.500. The number of carbonyl (C=O) groups excluding carboxylic acids is 2. The van der Waals surface area contributed by atoms with Crippen LogP contribution in [0.5, 0.6) is 5.88 Å². The van der Waals surface area contributed by atoms with Gasteiger partial charge in [0, 0.05) is 39.3 Å². The number of nitrogens with one attached hydrogen (secondary N) is 3. The maximum Gasteiger partial charge on any atom is 0.410 e. The van der Waals surface area contributed by atoms with E-state index in [9.17, 15) is 9.59 Å². The Bertz CT molecular complexity index is 1450. The molecule has 0 saturated carbocycles. The second kappa shape index (κ2) is 14.4. The number of likely N-dealkylation sites (N-methyl/N-ethyl adjacent to an activating group) is 1. The molecule has 1 aromatic carbocycles. The number of amides is 2. The first kappa shape index (κ1) is 32.0. The van der Waals surface area contributed by atoms with Crippen molar-refractivity contribution in [2.24, 2.45) is 7.05 Å². The van der Waals surface area contributed by atoms with Gasteiger partial charge in [-0.1, -0.05) is 18.8 Å². The van der Waals surface area contributed by atoms with Crippen LogP contribution in [0.1, 0.15) is 59.4 Å². The molecular formula is C30H42N8O4. The molecular weight excluding hydrogens is 536 g/mol. The van der Waals surface area contributed by atoms with Gasteiger partial charge in [0.2, 0.25) is 17.7 Å².